The molecule has 1 unspecified atom stereocenters. The van der Waals surface area contributed by atoms with E-state index in [0.717, 1.165) is 12.1 Å². The predicted molar refractivity (Wildman–Crippen MR) is 118 cm³/mol. The fourth-order valence-electron chi connectivity index (χ4n) is 4.75. The number of ether oxygens (including phenoxy) is 2. The number of nitriles is 1. The summed E-state index contributed by atoms with van der Waals surface area (Å²) in [7, 11) is 0. The van der Waals surface area contributed by atoms with E-state index in [9.17, 15) is 28.7 Å². The van der Waals surface area contributed by atoms with Crippen molar-refractivity contribution in [3.05, 3.63) is 64.2 Å². The first-order valence-corrected chi connectivity index (χ1v) is 11.0. The Morgan fingerprint density at radius 1 is 1.23 bits per heavy atom. The van der Waals surface area contributed by atoms with Gasteiger partial charge in [-0.2, -0.15) is 5.26 Å². The highest BCUT2D eigenvalue weighted by Crippen LogP contribution is 2.40. The van der Waals surface area contributed by atoms with Gasteiger partial charge in [0.25, 0.3) is 5.56 Å². The molecule has 9 nitrogen and oxygen atoms in total. The minimum Gasteiger partial charge on any atom is -0.465 e. The van der Waals surface area contributed by atoms with E-state index in [4.69, 9.17) is 9.47 Å². The number of carboxylic acid groups (broad SMARTS) is 1. The maximum absolute atomic E-state index is 14.2. The highest BCUT2D eigenvalue weighted by Gasteiger charge is 2.44. The minimum absolute atomic E-state index is 0.0512. The molecule has 2 fully saturated rings. The molecule has 3 heterocycles. The summed E-state index contributed by atoms with van der Waals surface area (Å²) in [6, 6.07) is 7.35. The number of nitrogens with zero attached hydrogens (tertiary/aromatic N) is 4. The van der Waals surface area contributed by atoms with Crippen LogP contribution in [0.3, 0.4) is 0 Å². The molecule has 2 aliphatic heterocycles. The van der Waals surface area contributed by atoms with E-state index in [2.05, 4.69) is 4.98 Å². The Kier molecular flexibility index (Phi) is 5.61. The summed E-state index contributed by atoms with van der Waals surface area (Å²) in [4.78, 5) is 30.2. The Labute approximate surface area is 197 Å². The van der Waals surface area contributed by atoms with Crippen LogP contribution in [0.1, 0.15) is 30.9 Å². The molecule has 11 heteroatoms. The van der Waals surface area contributed by atoms with Gasteiger partial charge in [-0.1, -0.05) is 0 Å². The van der Waals surface area contributed by atoms with E-state index in [1.165, 1.54) is 34.0 Å². The second-order valence-electron chi connectivity index (χ2n) is 8.70. The van der Waals surface area contributed by atoms with Gasteiger partial charge in [0.2, 0.25) is 0 Å². The highest BCUT2D eigenvalue weighted by atomic mass is 19.1. The predicted octanol–water partition coefficient (Wildman–Crippen LogP) is 3.81. The number of fused-ring (bicyclic) bond motifs is 1. The number of rotatable bonds is 3. The van der Waals surface area contributed by atoms with Crippen LogP contribution in [0.4, 0.5) is 13.6 Å². The first-order chi connectivity index (χ1) is 16.8. The van der Waals surface area contributed by atoms with E-state index < -0.39 is 34.6 Å². The van der Waals surface area contributed by atoms with Gasteiger partial charge in [-0.15, -0.1) is 0 Å². The summed E-state index contributed by atoms with van der Waals surface area (Å²) in [5.74, 6) is -2.34. The van der Waals surface area contributed by atoms with E-state index in [0.29, 0.717) is 37.9 Å². The smallest absolute Gasteiger partial charge is 0.407 e. The van der Waals surface area contributed by atoms with Gasteiger partial charge in [-0.25, -0.2) is 18.6 Å². The third-order valence-corrected chi connectivity index (χ3v) is 6.67. The first-order valence-electron chi connectivity index (χ1n) is 11.0. The van der Waals surface area contributed by atoms with Crippen molar-refractivity contribution in [1.82, 2.24) is 14.5 Å². The van der Waals surface area contributed by atoms with Crippen LogP contribution in [0.15, 0.2) is 41.5 Å². The number of hydrogen-bond acceptors (Lipinski definition) is 6. The van der Waals surface area contributed by atoms with E-state index in [1.807, 2.05) is 0 Å². The van der Waals surface area contributed by atoms with Crippen LogP contribution in [0.5, 0.6) is 11.5 Å². The number of piperidine rings is 1. The third-order valence-electron chi connectivity index (χ3n) is 6.67. The number of halogens is 2. The van der Waals surface area contributed by atoms with Crippen molar-refractivity contribution in [2.45, 2.75) is 30.9 Å². The molecule has 1 spiro atoms. The largest absolute Gasteiger partial charge is 0.465 e. The normalized spacial score (nSPS) is 19.1. The van der Waals surface area contributed by atoms with Gasteiger partial charge in [0, 0.05) is 13.1 Å². The molecule has 2 aromatic carbocycles. The van der Waals surface area contributed by atoms with Gasteiger partial charge in [0.1, 0.15) is 23.2 Å². The van der Waals surface area contributed by atoms with Crippen molar-refractivity contribution in [3.8, 4) is 17.6 Å². The molecule has 0 saturated carbocycles. The van der Waals surface area contributed by atoms with Gasteiger partial charge in [-0.05, 0) is 49.6 Å². The maximum atomic E-state index is 14.2. The summed E-state index contributed by atoms with van der Waals surface area (Å²) >= 11 is 0. The second kappa shape index (κ2) is 8.63. The number of benzene rings is 2. The van der Waals surface area contributed by atoms with Gasteiger partial charge in [0.15, 0.2) is 11.6 Å². The molecule has 0 aliphatic carbocycles. The van der Waals surface area contributed by atoms with Crippen molar-refractivity contribution >= 4 is 17.0 Å². The van der Waals surface area contributed by atoms with E-state index in [-0.39, 0.29) is 29.3 Å². The Balaban J connectivity index is 1.42. The fraction of sp³-hybridized carbons (Fsp3) is 0.333. The molecule has 2 aliphatic rings. The second-order valence-corrected chi connectivity index (χ2v) is 8.70. The molecule has 180 valence electrons. The summed E-state index contributed by atoms with van der Waals surface area (Å²) in [5.41, 5.74) is -1.02. The number of hydrogen-bond donors (Lipinski definition) is 1. The quantitative estimate of drug-likeness (QED) is 0.603. The Morgan fingerprint density at radius 3 is 2.69 bits per heavy atom. The summed E-state index contributed by atoms with van der Waals surface area (Å²) in [5, 5.41) is 18.6. The van der Waals surface area contributed by atoms with Crippen molar-refractivity contribution in [1.29, 1.82) is 5.26 Å². The lowest BCUT2D eigenvalue weighted by Gasteiger charge is -2.37. The molecule has 1 aromatic heterocycles. The zero-order valence-corrected chi connectivity index (χ0v) is 18.4. The molecule has 3 aromatic rings. The van der Waals surface area contributed by atoms with Crippen LogP contribution in [0.2, 0.25) is 0 Å². The molecule has 0 bridgehead atoms. The van der Waals surface area contributed by atoms with E-state index in [1.54, 1.807) is 6.07 Å². The van der Waals surface area contributed by atoms with Crippen LogP contribution in [0.25, 0.3) is 10.9 Å². The third kappa shape index (κ3) is 4.06. The van der Waals surface area contributed by atoms with Crippen molar-refractivity contribution < 1.29 is 28.2 Å². The standard InChI is InChI=1S/C24H20F2N4O5/c25-18-2-3-19(26)21(17(18)11-27)35-15-1-4-20-16(9-15)22(31)30(13-28-20)14-10-24(34-12-14)5-7-29(8-6-24)23(32)33/h1-4,9,13-14H,5-8,10,12H2,(H,32,33). The van der Waals surface area contributed by atoms with Gasteiger partial charge >= 0.3 is 6.09 Å². The van der Waals surface area contributed by atoms with Crippen molar-refractivity contribution in [2.75, 3.05) is 19.7 Å². The highest BCUT2D eigenvalue weighted by molar-refractivity contribution is 5.79. The fourth-order valence-corrected chi connectivity index (χ4v) is 4.75. The average Bonchev–Trinajstić information content (AvgIpc) is 3.25. The van der Waals surface area contributed by atoms with E-state index >= 15 is 0 Å². The zero-order valence-electron chi connectivity index (χ0n) is 18.4. The minimum atomic E-state index is -0.956. The summed E-state index contributed by atoms with van der Waals surface area (Å²) < 4.78 is 41.2. The molecule has 1 atom stereocenters. The molecule has 35 heavy (non-hydrogen) atoms. The summed E-state index contributed by atoms with van der Waals surface area (Å²) in [6.45, 7) is 1.03. The van der Waals surface area contributed by atoms with Crippen LogP contribution in [-0.4, -0.2) is 50.9 Å². The van der Waals surface area contributed by atoms with Crippen LogP contribution < -0.4 is 10.3 Å². The van der Waals surface area contributed by atoms with Crippen LogP contribution in [-0.2, 0) is 4.74 Å². The lowest BCUT2D eigenvalue weighted by Crippen LogP contribution is -2.46. The Bertz CT molecular complexity index is 1430. The number of carbonyl (C=O) groups is 1. The van der Waals surface area contributed by atoms with Gasteiger partial charge in [-0.3, -0.25) is 9.36 Å². The molecular weight excluding hydrogens is 462 g/mol. The lowest BCUT2D eigenvalue weighted by molar-refractivity contribution is -0.0396. The van der Waals surface area contributed by atoms with Crippen molar-refractivity contribution in [3.63, 3.8) is 0 Å². The number of amides is 1. The van der Waals surface area contributed by atoms with Gasteiger partial charge < -0.3 is 19.5 Å². The van der Waals surface area contributed by atoms with Crippen LogP contribution in [0, 0.1) is 23.0 Å². The monoisotopic (exact) mass is 482 g/mol. The number of likely N-dealkylation sites (tertiary alicyclic amines) is 1. The zero-order chi connectivity index (χ0) is 24.7. The first kappa shape index (κ1) is 22.7. The molecule has 1 N–H and O–H groups in total. The molecule has 2 saturated heterocycles. The molecule has 5 rings (SSSR count). The number of aromatic nitrogens is 2. The molecule has 1 amide bonds. The lowest BCUT2D eigenvalue weighted by atomic mass is 9.87. The Morgan fingerprint density at radius 2 is 1.97 bits per heavy atom. The molecule has 0 radical (unpaired) electrons. The SMILES string of the molecule is N#Cc1c(F)ccc(F)c1Oc1ccc2ncn(C3COC4(CCN(C(=O)O)CC4)C3)c(=O)c2c1. The van der Waals surface area contributed by atoms with Crippen molar-refractivity contribution in [2.24, 2.45) is 0 Å². The topological polar surface area (TPSA) is 118 Å². The molecular formula is C24H20F2N4O5. The average molecular weight is 482 g/mol. The van der Waals surface area contributed by atoms with Crippen LogP contribution >= 0.6 is 0 Å². The maximum Gasteiger partial charge on any atom is 0.407 e. The summed E-state index contributed by atoms with van der Waals surface area (Å²) in [6.07, 6.45) is 2.13. The van der Waals surface area contributed by atoms with Gasteiger partial charge in [0.05, 0.1) is 35.5 Å². The Hall–Kier alpha value is -4.04.